The summed E-state index contributed by atoms with van der Waals surface area (Å²) in [6.45, 7) is 4.00. The minimum Gasteiger partial charge on any atom is -0.494 e. The Kier molecular flexibility index (Phi) is 6.20. The molecule has 0 bridgehead atoms. The monoisotopic (exact) mass is 402 g/mol. The summed E-state index contributed by atoms with van der Waals surface area (Å²) < 4.78 is 10.6. The van der Waals surface area contributed by atoms with Crippen molar-refractivity contribution in [2.24, 2.45) is 0 Å². The van der Waals surface area contributed by atoms with Crippen LogP contribution >= 0.6 is 22.7 Å². The molecule has 8 heteroatoms. The van der Waals surface area contributed by atoms with Crippen LogP contribution in [-0.2, 0) is 9.53 Å². The zero-order valence-electron chi connectivity index (χ0n) is 14.8. The van der Waals surface area contributed by atoms with Gasteiger partial charge in [-0.15, -0.1) is 22.7 Å². The number of ether oxygens (including phenoxy) is 2. The standard InChI is InChI=1S/C19H18N2O4S2/c1-3-24-14-8-6-13(7-9-14)20-17(22)12(2)25-19(23)15-11-27-18(21-15)16-5-4-10-26-16/h4-12H,3H2,1-2H3,(H,20,22)/t12-/m0/s1. The van der Waals surface area contributed by atoms with Crippen LogP contribution < -0.4 is 10.1 Å². The SMILES string of the molecule is CCOc1ccc(NC(=O)[C@H](C)OC(=O)c2csc(-c3cccs3)n2)cc1. The minimum atomic E-state index is -0.948. The van der Waals surface area contributed by atoms with E-state index in [4.69, 9.17) is 9.47 Å². The second kappa shape index (κ2) is 8.79. The van der Waals surface area contributed by atoms with Crippen molar-refractivity contribution < 1.29 is 19.1 Å². The average molecular weight is 402 g/mol. The molecule has 0 saturated heterocycles. The van der Waals surface area contributed by atoms with E-state index in [1.807, 2.05) is 24.4 Å². The van der Waals surface area contributed by atoms with Crippen molar-refractivity contribution in [3.05, 3.63) is 52.9 Å². The quantitative estimate of drug-likeness (QED) is 0.591. The number of rotatable bonds is 7. The Morgan fingerprint density at radius 3 is 2.63 bits per heavy atom. The number of thiazole rings is 1. The Morgan fingerprint density at radius 2 is 1.96 bits per heavy atom. The van der Waals surface area contributed by atoms with Gasteiger partial charge in [0.05, 0.1) is 11.5 Å². The van der Waals surface area contributed by atoms with Crippen molar-refractivity contribution in [1.82, 2.24) is 4.98 Å². The summed E-state index contributed by atoms with van der Waals surface area (Å²) in [5.41, 5.74) is 0.795. The van der Waals surface area contributed by atoms with Crippen molar-refractivity contribution in [2.75, 3.05) is 11.9 Å². The zero-order valence-corrected chi connectivity index (χ0v) is 16.4. The highest BCUT2D eigenvalue weighted by Crippen LogP contribution is 2.28. The van der Waals surface area contributed by atoms with E-state index in [2.05, 4.69) is 10.3 Å². The predicted octanol–water partition coefficient (Wildman–Crippen LogP) is 4.45. The van der Waals surface area contributed by atoms with E-state index in [-0.39, 0.29) is 5.69 Å². The Bertz CT molecular complexity index is 904. The second-order valence-corrected chi connectivity index (χ2v) is 7.32. The van der Waals surface area contributed by atoms with E-state index in [1.165, 1.54) is 18.3 Å². The fraction of sp³-hybridized carbons (Fsp3) is 0.211. The molecule has 0 unspecified atom stereocenters. The van der Waals surface area contributed by atoms with Gasteiger partial charge in [0, 0.05) is 11.1 Å². The molecule has 3 rings (SSSR count). The number of carbonyl (C=O) groups is 2. The number of hydrogen-bond acceptors (Lipinski definition) is 7. The lowest BCUT2D eigenvalue weighted by molar-refractivity contribution is -0.123. The number of nitrogens with zero attached hydrogens (tertiary/aromatic N) is 1. The third-order valence-corrected chi connectivity index (χ3v) is 5.41. The number of anilines is 1. The highest BCUT2D eigenvalue weighted by Gasteiger charge is 2.21. The van der Waals surface area contributed by atoms with Gasteiger partial charge in [0.25, 0.3) is 5.91 Å². The van der Waals surface area contributed by atoms with Gasteiger partial charge < -0.3 is 14.8 Å². The topological polar surface area (TPSA) is 77.5 Å². The molecule has 27 heavy (non-hydrogen) atoms. The van der Waals surface area contributed by atoms with Crippen molar-refractivity contribution in [2.45, 2.75) is 20.0 Å². The number of aromatic nitrogens is 1. The molecule has 3 aromatic rings. The molecule has 2 aromatic heterocycles. The van der Waals surface area contributed by atoms with Crippen molar-refractivity contribution >= 4 is 40.2 Å². The first-order valence-corrected chi connectivity index (χ1v) is 10.1. The van der Waals surface area contributed by atoms with Gasteiger partial charge in [0.1, 0.15) is 10.8 Å². The Morgan fingerprint density at radius 1 is 1.19 bits per heavy atom. The van der Waals surface area contributed by atoms with Crippen LogP contribution in [-0.4, -0.2) is 29.6 Å². The molecule has 0 spiro atoms. The highest BCUT2D eigenvalue weighted by atomic mass is 32.1. The molecular weight excluding hydrogens is 384 g/mol. The van der Waals surface area contributed by atoms with Crippen LogP contribution in [0, 0.1) is 0 Å². The smallest absolute Gasteiger partial charge is 0.358 e. The lowest BCUT2D eigenvalue weighted by Crippen LogP contribution is -2.30. The fourth-order valence-electron chi connectivity index (χ4n) is 2.20. The van der Waals surface area contributed by atoms with Gasteiger partial charge in [0.2, 0.25) is 0 Å². The molecule has 2 heterocycles. The zero-order chi connectivity index (χ0) is 19.2. The first-order chi connectivity index (χ1) is 13.1. The molecule has 0 aliphatic heterocycles. The summed E-state index contributed by atoms with van der Waals surface area (Å²) in [6.07, 6.45) is -0.948. The lowest BCUT2D eigenvalue weighted by Gasteiger charge is -2.13. The first-order valence-electron chi connectivity index (χ1n) is 8.31. The van der Waals surface area contributed by atoms with Gasteiger partial charge in [-0.05, 0) is 49.6 Å². The van der Waals surface area contributed by atoms with Crippen LogP contribution in [0.4, 0.5) is 5.69 Å². The number of thiophene rings is 1. The molecule has 0 fully saturated rings. The van der Waals surface area contributed by atoms with E-state index in [0.717, 1.165) is 15.6 Å². The molecule has 0 radical (unpaired) electrons. The number of amides is 1. The maximum Gasteiger partial charge on any atom is 0.358 e. The van der Waals surface area contributed by atoms with E-state index in [0.29, 0.717) is 12.3 Å². The Hall–Kier alpha value is -2.71. The lowest BCUT2D eigenvalue weighted by atomic mass is 10.3. The van der Waals surface area contributed by atoms with E-state index in [1.54, 1.807) is 41.0 Å². The summed E-state index contributed by atoms with van der Waals surface area (Å²) in [7, 11) is 0. The van der Waals surface area contributed by atoms with Gasteiger partial charge in [-0.25, -0.2) is 9.78 Å². The fourth-order valence-corrected chi connectivity index (χ4v) is 3.80. The molecular formula is C19H18N2O4S2. The number of nitrogens with one attached hydrogen (secondary N) is 1. The Labute approximate surface area is 164 Å². The number of hydrogen-bond donors (Lipinski definition) is 1. The van der Waals surface area contributed by atoms with Crippen LogP contribution in [0.3, 0.4) is 0 Å². The van der Waals surface area contributed by atoms with E-state index >= 15 is 0 Å². The van der Waals surface area contributed by atoms with Gasteiger partial charge in [0.15, 0.2) is 11.8 Å². The summed E-state index contributed by atoms with van der Waals surface area (Å²) >= 11 is 2.91. The third kappa shape index (κ3) is 4.93. The molecule has 1 aromatic carbocycles. The maximum atomic E-state index is 12.2. The van der Waals surface area contributed by atoms with Crippen LogP contribution in [0.5, 0.6) is 5.75 Å². The number of benzene rings is 1. The van der Waals surface area contributed by atoms with Gasteiger partial charge >= 0.3 is 5.97 Å². The molecule has 0 aliphatic rings. The second-order valence-electron chi connectivity index (χ2n) is 5.51. The number of carbonyl (C=O) groups excluding carboxylic acids is 2. The van der Waals surface area contributed by atoms with Crippen LogP contribution in [0.25, 0.3) is 9.88 Å². The minimum absolute atomic E-state index is 0.198. The van der Waals surface area contributed by atoms with Gasteiger partial charge in [-0.1, -0.05) is 6.07 Å². The number of esters is 1. The molecule has 1 N–H and O–H groups in total. The average Bonchev–Trinajstić information content (AvgIpc) is 3.35. The van der Waals surface area contributed by atoms with E-state index < -0.39 is 18.0 Å². The van der Waals surface area contributed by atoms with Gasteiger partial charge in [-0.3, -0.25) is 4.79 Å². The maximum absolute atomic E-state index is 12.2. The molecule has 1 amide bonds. The van der Waals surface area contributed by atoms with Crippen LogP contribution in [0.2, 0.25) is 0 Å². The molecule has 1 atom stereocenters. The summed E-state index contributed by atoms with van der Waals surface area (Å²) in [5, 5.41) is 7.04. The van der Waals surface area contributed by atoms with Crippen molar-refractivity contribution in [3.63, 3.8) is 0 Å². The largest absolute Gasteiger partial charge is 0.494 e. The highest BCUT2D eigenvalue weighted by molar-refractivity contribution is 7.20. The van der Waals surface area contributed by atoms with Crippen molar-refractivity contribution in [1.29, 1.82) is 0 Å². The van der Waals surface area contributed by atoms with Crippen LogP contribution in [0.1, 0.15) is 24.3 Å². The van der Waals surface area contributed by atoms with Crippen LogP contribution in [0.15, 0.2) is 47.2 Å². The summed E-state index contributed by atoms with van der Waals surface area (Å²) in [5.74, 6) is -0.315. The van der Waals surface area contributed by atoms with Crippen molar-refractivity contribution in [3.8, 4) is 15.6 Å². The molecule has 0 aliphatic carbocycles. The summed E-state index contributed by atoms with van der Waals surface area (Å²) in [6, 6.07) is 10.8. The Balaban J connectivity index is 1.56. The van der Waals surface area contributed by atoms with Gasteiger partial charge in [-0.2, -0.15) is 0 Å². The third-order valence-electron chi connectivity index (χ3n) is 3.53. The van der Waals surface area contributed by atoms with E-state index in [9.17, 15) is 9.59 Å². The molecule has 6 nitrogen and oxygen atoms in total. The summed E-state index contributed by atoms with van der Waals surface area (Å²) in [4.78, 5) is 29.8. The predicted molar refractivity (Wildman–Crippen MR) is 107 cm³/mol. The molecule has 0 saturated carbocycles. The molecule has 140 valence electrons. The first kappa shape index (κ1) is 19.1. The normalized spacial score (nSPS) is 11.6.